The largest absolute Gasteiger partial charge is 0.350 e. The lowest BCUT2D eigenvalue weighted by Crippen LogP contribution is -2.37. The average Bonchev–Trinajstić information content (AvgIpc) is 2.99. The van der Waals surface area contributed by atoms with E-state index in [-0.39, 0.29) is 11.5 Å². The van der Waals surface area contributed by atoms with Crippen LogP contribution in [0.1, 0.15) is 35.5 Å². The Morgan fingerprint density at radius 3 is 2.41 bits per heavy atom. The Morgan fingerprint density at radius 1 is 1.07 bits per heavy atom. The molecule has 0 radical (unpaired) electrons. The molecule has 27 heavy (non-hydrogen) atoms. The minimum atomic E-state index is -0.736. The van der Waals surface area contributed by atoms with Crippen LogP contribution in [0.2, 0.25) is 0 Å². The summed E-state index contributed by atoms with van der Waals surface area (Å²) in [5.74, 6) is 0.231. The molecule has 3 rings (SSSR count). The molecule has 7 heteroatoms. The number of hydrogen-bond donors (Lipinski definition) is 1. The van der Waals surface area contributed by atoms with Crippen molar-refractivity contribution in [3.8, 4) is 5.82 Å². The van der Waals surface area contributed by atoms with E-state index in [1.54, 1.807) is 17.7 Å². The van der Waals surface area contributed by atoms with Gasteiger partial charge in [-0.05, 0) is 45.4 Å². The molecule has 2 aromatic heterocycles. The lowest BCUT2D eigenvalue weighted by molar-refractivity contribution is -0.124. The van der Waals surface area contributed by atoms with E-state index in [4.69, 9.17) is 0 Å². The highest BCUT2D eigenvalue weighted by Crippen LogP contribution is 2.10. The van der Waals surface area contributed by atoms with E-state index >= 15 is 0 Å². The summed E-state index contributed by atoms with van der Waals surface area (Å²) in [6, 6.07) is 12.1. The van der Waals surface area contributed by atoms with Gasteiger partial charge in [0.1, 0.15) is 6.04 Å². The summed E-state index contributed by atoms with van der Waals surface area (Å²) in [5.41, 5.74) is 3.59. The topological polar surface area (TPSA) is 81.8 Å². The van der Waals surface area contributed by atoms with Gasteiger partial charge in [0.25, 0.3) is 5.56 Å². The molecule has 0 aliphatic rings. The van der Waals surface area contributed by atoms with Crippen LogP contribution in [0.5, 0.6) is 0 Å². The number of nitrogens with one attached hydrogen (secondary N) is 1. The van der Waals surface area contributed by atoms with Crippen molar-refractivity contribution in [2.45, 2.75) is 40.3 Å². The third kappa shape index (κ3) is 4.13. The summed E-state index contributed by atoms with van der Waals surface area (Å²) in [5, 5.41) is 11.6. The van der Waals surface area contributed by atoms with E-state index in [2.05, 4.69) is 15.5 Å². The first-order chi connectivity index (χ1) is 12.8. The highest BCUT2D eigenvalue weighted by Gasteiger charge is 2.18. The molecular weight excluding hydrogens is 342 g/mol. The monoisotopic (exact) mass is 365 g/mol. The number of carbonyl (C=O) groups is 1. The number of carbonyl (C=O) groups excluding carboxylic acids is 1. The number of rotatable bonds is 5. The Bertz CT molecular complexity index is 1020. The van der Waals surface area contributed by atoms with Crippen molar-refractivity contribution >= 4 is 5.91 Å². The first-order valence-electron chi connectivity index (χ1n) is 8.82. The maximum absolute atomic E-state index is 12.5. The molecule has 0 saturated heterocycles. The van der Waals surface area contributed by atoms with Gasteiger partial charge in [-0.1, -0.05) is 29.8 Å². The number of amides is 1. The highest BCUT2D eigenvalue weighted by molar-refractivity contribution is 5.79. The lowest BCUT2D eigenvalue weighted by Gasteiger charge is -2.15. The Morgan fingerprint density at radius 2 is 1.78 bits per heavy atom. The number of aromatic nitrogens is 4. The Balaban J connectivity index is 1.79. The van der Waals surface area contributed by atoms with E-state index in [0.717, 1.165) is 22.5 Å². The molecule has 1 unspecified atom stereocenters. The van der Waals surface area contributed by atoms with Crippen LogP contribution < -0.4 is 10.9 Å². The number of hydrogen-bond acceptors (Lipinski definition) is 4. The SMILES string of the molecule is Cc1ccc(CNC(=O)C(C)n2nc(-n3nc(C)cc3C)ccc2=O)cc1. The van der Waals surface area contributed by atoms with Crippen LogP contribution >= 0.6 is 0 Å². The fourth-order valence-corrected chi connectivity index (χ4v) is 2.82. The smallest absolute Gasteiger partial charge is 0.267 e. The van der Waals surface area contributed by atoms with E-state index < -0.39 is 6.04 Å². The van der Waals surface area contributed by atoms with Crippen LogP contribution in [-0.4, -0.2) is 25.5 Å². The summed E-state index contributed by atoms with van der Waals surface area (Å²) < 4.78 is 2.85. The van der Waals surface area contributed by atoms with E-state index in [1.165, 1.54) is 10.7 Å². The molecule has 0 spiro atoms. The zero-order valence-electron chi connectivity index (χ0n) is 15.9. The maximum atomic E-state index is 12.5. The lowest BCUT2D eigenvalue weighted by atomic mass is 10.1. The molecule has 0 bridgehead atoms. The van der Waals surface area contributed by atoms with Gasteiger partial charge >= 0.3 is 0 Å². The van der Waals surface area contributed by atoms with Gasteiger partial charge in [0.2, 0.25) is 5.91 Å². The fourth-order valence-electron chi connectivity index (χ4n) is 2.82. The van der Waals surface area contributed by atoms with Crippen molar-refractivity contribution in [3.05, 3.63) is 75.3 Å². The van der Waals surface area contributed by atoms with Gasteiger partial charge in [-0.2, -0.15) is 5.10 Å². The Labute approximate surface area is 157 Å². The Kier molecular flexibility index (Phi) is 5.21. The van der Waals surface area contributed by atoms with E-state index in [1.807, 2.05) is 51.1 Å². The Hall–Kier alpha value is -3.22. The molecule has 0 aliphatic carbocycles. The second-order valence-electron chi connectivity index (χ2n) is 6.69. The van der Waals surface area contributed by atoms with Gasteiger partial charge in [0.15, 0.2) is 5.82 Å². The van der Waals surface area contributed by atoms with Gasteiger partial charge in [-0.3, -0.25) is 9.59 Å². The molecule has 1 amide bonds. The molecule has 7 nitrogen and oxygen atoms in total. The number of nitrogens with zero attached hydrogens (tertiary/aromatic N) is 4. The van der Waals surface area contributed by atoms with Crippen LogP contribution in [-0.2, 0) is 11.3 Å². The molecule has 1 atom stereocenters. The summed E-state index contributed by atoms with van der Waals surface area (Å²) >= 11 is 0. The standard InChI is InChI=1S/C20H23N5O2/c1-13-5-7-17(8-6-13)12-21-20(27)16(4)25-19(26)10-9-18(23-25)24-15(3)11-14(2)22-24/h5-11,16H,12H2,1-4H3,(H,21,27). The van der Waals surface area contributed by atoms with Crippen molar-refractivity contribution in [1.29, 1.82) is 0 Å². The average molecular weight is 365 g/mol. The first kappa shape index (κ1) is 18.6. The third-order valence-electron chi connectivity index (χ3n) is 4.37. The molecular formula is C20H23N5O2. The predicted molar refractivity (Wildman–Crippen MR) is 103 cm³/mol. The normalized spacial score (nSPS) is 12.0. The molecule has 1 N–H and O–H groups in total. The molecule has 0 saturated carbocycles. The first-order valence-corrected chi connectivity index (χ1v) is 8.82. The van der Waals surface area contributed by atoms with Gasteiger partial charge < -0.3 is 5.32 Å². The van der Waals surface area contributed by atoms with E-state index in [9.17, 15) is 9.59 Å². The van der Waals surface area contributed by atoms with Crippen molar-refractivity contribution in [1.82, 2.24) is 24.9 Å². The van der Waals surface area contributed by atoms with Crippen molar-refractivity contribution in [3.63, 3.8) is 0 Å². The molecule has 3 aromatic rings. The minimum absolute atomic E-state index is 0.268. The second kappa shape index (κ2) is 7.57. The van der Waals surface area contributed by atoms with Gasteiger partial charge in [0, 0.05) is 18.3 Å². The molecule has 0 fully saturated rings. The second-order valence-corrected chi connectivity index (χ2v) is 6.69. The number of benzene rings is 1. The maximum Gasteiger partial charge on any atom is 0.267 e. The van der Waals surface area contributed by atoms with Crippen LogP contribution in [0.15, 0.2) is 47.3 Å². The summed E-state index contributed by atoms with van der Waals surface area (Å²) in [7, 11) is 0. The molecule has 2 heterocycles. The van der Waals surface area contributed by atoms with Crippen molar-refractivity contribution in [2.75, 3.05) is 0 Å². The fraction of sp³-hybridized carbons (Fsp3) is 0.300. The number of aryl methyl sites for hydroxylation is 3. The van der Waals surface area contributed by atoms with Crippen LogP contribution in [0, 0.1) is 20.8 Å². The van der Waals surface area contributed by atoms with Gasteiger partial charge in [-0.25, -0.2) is 9.36 Å². The summed E-state index contributed by atoms with van der Waals surface area (Å²) in [6.07, 6.45) is 0. The van der Waals surface area contributed by atoms with Crippen LogP contribution in [0.4, 0.5) is 0 Å². The van der Waals surface area contributed by atoms with Gasteiger partial charge in [-0.15, -0.1) is 5.10 Å². The van der Waals surface area contributed by atoms with Crippen LogP contribution in [0.25, 0.3) is 5.82 Å². The highest BCUT2D eigenvalue weighted by atomic mass is 16.2. The van der Waals surface area contributed by atoms with Crippen molar-refractivity contribution in [2.24, 2.45) is 0 Å². The zero-order valence-corrected chi connectivity index (χ0v) is 15.9. The minimum Gasteiger partial charge on any atom is -0.350 e. The van der Waals surface area contributed by atoms with E-state index in [0.29, 0.717) is 12.4 Å². The third-order valence-corrected chi connectivity index (χ3v) is 4.37. The van der Waals surface area contributed by atoms with Gasteiger partial charge in [0.05, 0.1) is 5.69 Å². The molecule has 140 valence electrons. The predicted octanol–water partition coefficient (Wildman–Crippen LogP) is 2.23. The molecule has 0 aliphatic heterocycles. The summed E-state index contributed by atoms with van der Waals surface area (Å²) in [6.45, 7) is 7.87. The summed E-state index contributed by atoms with van der Waals surface area (Å²) in [4.78, 5) is 24.8. The van der Waals surface area contributed by atoms with Crippen molar-refractivity contribution < 1.29 is 4.79 Å². The quantitative estimate of drug-likeness (QED) is 0.752. The molecule has 1 aromatic carbocycles. The zero-order chi connectivity index (χ0) is 19.6. The van der Waals surface area contributed by atoms with Crippen LogP contribution in [0.3, 0.4) is 0 Å².